The Hall–Kier alpha value is -1.66. The van der Waals surface area contributed by atoms with Gasteiger partial charge in [-0.3, -0.25) is 4.79 Å². The number of rotatable bonds is 2. The zero-order valence-electron chi connectivity index (χ0n) is 8.96. The van der Waals surface area contributed by atoms with E-state index in [0.717, 1.165) is 4.31 Å². The third-order valence-electron chi connectivity index (χ3n) is 2.56. The number of sulfonamides is 1. The molecule has 0 aromatic heterocycles. The Bertz CT molecular complexity index is 591. The highest BCUT2D eigenvalue weighted by molar-refractivity contribution is 7.89. The van der Waals surface area contributed by atoms with Crippen LogP contribution in [0.4, 0.5) is 0 Å². The van der Waals surface area contributed by atoms with E-state index in [2.05, 4.69) is 6.58 Å². The summed E-state index contributed by atoms with van der Waals surface area (Å²) in [4.78, 5) is 10.8. The fourth-order valence-corrected chi connectivity index (χ4v) is 3.42. The molecule has 0 atom stereocenters. The van der Waals surface area contributed by atoms with Gasteiger partial charge < -0.3 is 5.11 Å². The molecule has 0 spiro atoms. The van der Waals surface area contributed by atoms with Crippen LogP contribution in [0.15, 0.2) is 35.7 Å². The van der Waals surface area contributed by atoms with E-state index in [0.29, 0.717) is 11.1 Å². The van der Waals surface area contributed by atoms with Crippen molar-refractivity contribution in [3.05, 3.63) is 36.4 Å². The highest BCUT2D eigenvalue weighted by Gasteiger charge is 2.33. The van der Waals surface area contributed by atoms with Crippen LogP contribution in [0.1, 0.15) is 5.56 Å². The van der Waals surface area contributed by atoms with Gasteiger partial charge in [0.25, 0.3) is 0 Å². The number of fused-ring (bicyclic) bond motifs is 1. The van der Waals surface area contributed by atoms with E-state index in [1.165, 1.54) is 6.07 Å². The minimum absolute atomic E-state index is 0.0195. The molecule has 1 N–H and O–H groups in total. The predicted octanol–water partition coefficient (Wildman–Crippen LogP) is 0.789. The van der Waals surface area contributed by atoms with E-state index in [9.17, 15) is 13.2 Å². The summed E-state index contributed by atoms with van der Waals surface area (Å²) in [6.07, 6.45) is 0. The topological polar surface area (TPSA) is 74.7 Å². The summed E-state index contributed by atoms with van der Waals surface area (Å²) in [6.45, 7) is 3.25. The maximum Gasteiger partial charge on any atom is 0.318 e. The summed E-state index contributed by atoms with van der Waals surface area (Å²) in [6, 6.07) is 6.47. The Balaban J connectivity index is 2.55. The van der Waals surface area contributed by atoms with Gasteiger partial charge in [0, 0.05) is 6.54 Å². The fraction of sp³-hybridized carbons (Fsp3) is 0.182. The Kier molecular flexibility index (Phi) is 2.76. The van der Waals surface area contributed by atoms with Crippen LogP contribution in [0.3, 0.4) is 0 Å². The average molecular weight is 253 g/mol. The summed E-state index contributed by atoms with van der Waals surface area (Å²) in [5, 5.41) is 8.70. The van der Waals surface area contributed by atoms with Crippen LogP contribution in [0.25, 0.3) is 5.57 Å². The van der Waals surface area contributed by atoms with E-state index in [4.69, 9.17) is 5.11 Å². The van der Waals surface area contributed by atoms with Gasteiger partial charge in [0.15, 0.2) is 0 Å². The zero-order chi connectivity index (χ0) is 12.6. The van der Waals surface area contributed by atoms with Crippen molar-refractivity contribution in [2.24, 2.45) is 0 Å². The molecule has 0 radical (unpaired) electrons. The smallest absolute Gasteiger partial charge is 0.318 e. The predicted molar refractivity (Wildman–Crippen MR) is 61.9 cm³/mol. The number of benzene rings is 1. The Labute approximate surface area is 99.0 Å². The molecule has 1 aromatic carbocycles. The molecule has 1 aromatic rings. The van der Waals surface area contributed by atoms with Crippen LogP contribution in [0.5, 0.6) is 0 Å². The third-order valence-corrected chi connectivity index (χ3v) is 4.41. The van der Waals surface area contributed by atoms with E-state index >= 15 is 0 Å². The molecule has 0 fully saturated rings. The molecule has 90 valence electrons. The second-order valence-corrected chi connectivity index (χ2v) is 5.67. The van der Waals surface area contributed by atoms with Crippen LogP contribution in [-0.4, -0.2) is 36.9 Å². The molecule has 0 saturated heterocycles. The number of nitrogens with zero attached hydrogens (tertiary/aromatic N) is 1. The first-order chi connectivity index (χ1) is 7.93. The first kappa shape index (κ1) is 11.8. The summed E-state index contributed by atoms with van der Waals surface area (Å²) in [5.41, 5.74) is 1.17. The van der Waals surface area contributed by atoms with Crippen LogP contribution >= 0.6 is 0 Å². The molecule has 17 heavy (non-hydrogen) atoms. The number of aliphatic carboxylic acids is 1. The first-order valence-corrected chi connectivity index (χ1v) is 6.36. The molecule has 0 aliphatic carbocycles. The Morgan fingerprint density at radius 1 is 1.41 bits per heavy atom. The number of carboxylic acids is 1. The summed E-state index contributed by atoms with van der Waals surface area (Å²) < 4.78 is 25.1. The first-order valence-electron chi connectivity index (χ1n) is 4.92. The SMILES string of the molecule is C=C1CN(CC(=O)O)S(=O)(=O)c2ccccc21. The van der Waals surface area contributed by atoms with Crippen molar-refractivity contribution in [2.45, 2.75) is 4.90 Å². The van der Waals surface area contributed by atoms with Crippen molar-refractivity contribution in [3.8, 4) is 0 Å². The van der Waals surface area contributed by atoms with Crippen LogP contribution in [0.2, 0.25) is 0 Å². The molecular weight excluding hydrogens is 242 g/mol. The normalized spacial score (nSPS) is 18.7. The number of hydrogen-bond acceptors (Lipinski definition) is 3. The summed E-state index contributed by atoms with van der Waals surface area (Å²) in [5.74, 6) is -1.18. The van der Waals surface area contributed by atoms with Crippen molar-refractivity contribution in [1.82, 2.24) is 4.31 Å². The largest absolute Gasteiger partial charge is 0.480 e. The minimum Gasteiger partial charge on any atom is -0.480 e. The van der Waals surface area contributed by atoms with Gasteiger partial charge in [-0.25, -0.2) is 8.42 Å². The molecule has 0 unspecified atom stereocenters. The maximum atomic E-state index is 12.1. The van der Waals surface area contributed by atoms with Crippen LogP contribution in [-0.2, 0) is 14.8 Å². The van der Waals surface area contributed by atoms with E-state index < -0.39 is 22.5 Å². The van der Waals surface area contributed by atoms with Gasteiger partial charge >= 0.3 is 5.97 Å². The van der Waals surface area contributed by atoms with Crippen molar-refractivity contribution >= 4 is 21.6 Å². The summed E-state index contributed by atoms with van der Waals surface area (Å²) in [7, 11) is -3.72. The van der Waals surface area contributed by atoms with Gasteiger partial charge in [-0.1, -0.05) is 24.8 Å². The van der Waals surface area contributed by atoms with Gasteiger partial charge in [-0.2, -0.15) is 4.31 Å². The molecule has 2 rings (SSSR count). The lowest BCUT2D eigenvalue weighted by molar-refractivity contribution is -0.137. The molecule has 1 aliphatic heterocycles. The fourth-order valence-electron chi connectivity index (χ4n) is 1.80. The molecular formula is C11H11NO4S. The zero-order valence-corrected chi connectivity index (χ0v) is 9.77. The standard InChI is InChI=1S/C11H11NO4S/c1-8-6-12(7-11(13)14)17(15,16)10-5-3-2-4-9(8)10/h2-5H,1,6-7H2,(H,13,14). The second-order valence-electron chi connectivity index (χ2n) is 3.77. The summed E-state index contributed by atoms with van der Waals surface area (Å²) >= 11 is 0. The molecule has 0 bridgehead atoms. The lowest BCUT2D eigenvalue weighted by Crippen LogP contribution is -2.39. The lowest BCUT2D eigenvalue weighted by atomic mass is 10.1. The van der Waals surface area contributed by atoms with Crippen molar-refractivity contribution in [1.29, 1.82) is 0 Å². The van der Waals surface area contributed by atoms with Gasteiger partial charge in [0.05, 0.1) is 4.90 Å². The molecule has 6 heteroatoms. The van der Waals surface area contributed by atoms with Gasteiger partial charge in [-0.05, 0) is 17.2 Å². The third kappa shape index (κ3) is 1.96. The van der Waals surface area contributed by atoms with Crippen LogP contribution < -0.4 is 0 Å². The monoisotopic (exact) mass is 253 g/mol. The van der Waals surface area contributed by atoms with Crippen molar-refractivity contribution in [2.75, 3.05) is 13.1 Å². The van der Waals surface area contributed by atoms with Crippen molar-refractivity contribution < 1.29 is 18.3 Å². The highest BCUT2D eigenvalue weighted by Crippen LogP contribution is 2.31. The molecule has 0 saturated carbocycles. The number of carbonyl (C=O) groups is 1. The highest BCUT2D eigenvalue weighted by atomic mass is 32.2. The van der Waals surface area contributed by atoms with Gasteiger partial charge in [0.1, 0.15) is 6.54 Å². The quantitative estimate of drug-likeness (QED) is 0.845. The average Bonchev–Trinajstić information content (AvgIpc) is 2.26. The molecule has 0 amide bonds. The Morgan fingerprint density at radius 2 is 2.06 bits per heavy atom. The van der Waals surface area contributed by atoms with Gasteiger partial charge in [-0.15, -0.1) is 0 Å². The molecule has 5 nitrogen and oxygen atoms in total. The lowest BCUT2D eigenvalue weighted by Gasteiger charge is -2.28. The number of carboxylic acid groups (broad SMARTS) is 1. The van der Waals surface area contributed by atoms with E-state index in [1.54, 1.807) is 18.2 Å². The molecule has 1 heterocycles. The van der Waals surface area contributed by atoms with E-state index in [1.807, 2.05) is 0 Å². The van der Waals surface area contributed by atoms with E-state index in [-0.39, 0.29) is 11.4 Å². The second kappa shape index (κ2) is 3.97. The Morgan fingerprint density at radius 3 is 2.71 bits per heavy atom. The number of hydrogen-bond donors (Lipinski definition) is 1. The van der Waals surface area contributed by atoms with Crippen LogP contribution in [0, 0.1) is 0 Å². The minimum atomic E-state index is -3.72. The maximum absolute atomic E-state index is 12.1. The molecule has 1 aliphatic rings. The van der Waals surface area contributed by atoms with Crippen molar-refractivity contribution in [3.63, 3.8) is 0 Å². The van der Waals surface area contributed by atoms with Gasteiger partial charge in [0.2, 0.25) is 10.0 Å².